The Morgan fingerprint density at radius 2 is 2.38 bits per heavy atom. The van der Waals surface area contributed by atoms with Crippen LogP contribution in [-0.2, 0) is 13.0 Å². The average Bonchev–Trinajstić information content (AvgIpc) is 2.69. The van der Waals surface area contributed by atoms with E-state index in [1.165, 1.54) is 0 Å². The van der Waals surface area contributed by atoms with Crippen LogP contribution in [0.25, 0.3) is 0 Å². The molecule has 0 fully saturated rings. The zero-order chi connectivity index (χ0) is 11.5. The quantitative estimate of drug-likeness (QED) is 0.687. The number of amides is 1. The van der Waals surface area contributed by atoms with E-state index in [9.17, 15) is 13.6 Å². The van der Waals surface area contributed by atoms with Crippen LogP contribution in [0.4, 0.5) is 8.78 Å². The first-order valence-electron chi connectivity index (χ1n) is 5.01. The number of H-pyrrole nitrogens is 1. The summed E-state index contributed by atoms with van der Waals surface area (Å²) in [5.41, 5.74) is 1.89. The molecule has 88 valence electrons. The van der Waals surface area contributed by atoms with Gasteiger partial charge in [0.1, 0.15) is 0 Å². The highest BCUT2D eigenvalue weighted by Gasteiger charge is 2.21. The maximum absolute atomic E-state index is 11.9. The topological polar surface area (TPSA) is 69.8 Å². The molecule has 0 saturated carbocycles. The summed E-state index contributed by atoms with van der Waals surface area (Å²) in [4.78, 5) is 11.5. The number of aromatic nitrogens is 2. The first-order chi connectivity index (χ1) is 7.68. The zero-order valence-corrected chi connectivity index (χ0v) is 8.52. The molecule has 0 saturated heterocycles. The molecule has 0 spiro atoms. The third-order valence-corrected chi connectivity index (χ3v) is 2.44. The van der Waals surface area contributed by atoms with Crippen LogP contribution in [0.3, 0.4) is 0 Å². The molecule has 0 aliphatic carbocycles. The van der Waals surface area contributed by atoms with Crippen molar-refractivity contribution >= 4 is 5.91 Å². The van der Waals surface area contributed by atoms with Crippen molar-refractivity contribution in [1.82, 2.24) is 20.8 Å². The van der Waals surface area contributed by atoms with E-state index in [0.29, 0.717) is 6.54 Å². The fraction of sp³-hybridized carbons (Fsp3) is 0.556. The summed E-state index contributed by atoms with van der Waals surface area (Å²) in [6, 6.07) is 0. The van der Waals surface area contributed by atoms with Gasteiger partial charge in [-0.05, 0) is 0 Å². The first kappa shape index (κ1) is 11.0. The monoisotopic (exact) mass is 230 g/mol. The molecule has 0 bridgehead atoms. The molecule has 7 heteroatoms. The van der Waals surface area contributed by atoms with E-state index in [1.54, 1.807) is 0 Å². The van der Waals surface area contributed by atoms with Gasteiger partial charge in [0.25, 0.3) is 12.3 Å². The Balaban J connectivity index is 2.08. The number of nitrogens with one attached hydrogen (secondary N) is 3. The Morgan fingerprint density at radius 3 is 3.12 bits per heavy atom. The van der Waals surface area contributed by atoms with E-state index in [-0.39, 0.29) is 5.69 Å². The summed E-state index contributed by atoms with van der Waals surface area (Å²) in [5.74, 6) is -0.554. The second-order valence-corrected chi connectivity index (χ2v) is 3.56. The number of carbonyl (C=O) groups excluding carboxylic acids is 1. The summed E-state index contributed by atoms with van der Waals surface area (Å²) in [6.07, 6.45) is -1.78. The summed E-state index contributed by atoms with van der Waals surface area (Å²) in [7, 11) is 0. The van der Waals surface area contributed by atoms with E-state index in [0.717, 1.165) is 24.2 Å². The van der Waals surface area contributed by atoms with Crippen LogP contribution in [-0.4, -0.2) is 35.6 Å². The minimum atomic E-state index is -2.54. The number of nitrogens with zero attached hydrogens (tertiary/aromatic N) is 1. The van der Waals surface area contributed by atoms with Gasteiger partial charge < -0.3 is 10.6 Å². The van der Waals surface area contributed by atoms with Crippen molar-refractivity contribution in [2.45, 2.75) is 19.4 Å². The van der Waals surface area contributed by atoms with E-state index in [1.807, 2.05) is 0 Å². The summed E-state index contributed by atoms with van der Waals surface area (Å²) < 4.78 is 23.8. The lowest BCUT2D eigenvalue weighted by atomic mass is 10.1. The Kier molecular flexibility index (Phi) is 3.14. The highest BCUT2D eigenvalue weighted by Crippen LogP contribution is 2.14. The molecule has 2 heterocycles. The van der Waals surface area contributed by atoms with Gasteiger partial charge in [-0.15, -0.1) is 0 Å². The maximum atomic E-state index is 11.9. The number of aromatic amines is 1. The van der Waals surface area contributed by atoms with Gasteiger partial charge in [-0.2, -0.15) is 5.10 Å². The Morgan fingerprint density at radius 1 is 1.56 bits per heavy atom. The molecule has 3 N–H and O–H groups in total. The molecule has 1 amide bonds. The van der Waals surface area contributed by atoms with Crippen molar-refractivity contribution in [3.63, 3.8) is 0 Å². The molecule has 0 aromatic carbocycles. The van der Waals surface area contributed by atoms with Crippen LogP contribution < -0.4 is 10.6 Å². The molecule has 5 nitrogen and oxygen atoms in total. The molecule has 1 aliphatic heterocycles. The van der Waals surface area contributed by atoms with Gasteiger partial charge in [-0.1, -0.05) is 0 Å². The molecule has 0 radical (unpaired) electrons. The van der Waals surface area contributed by atoms with E-state index < -0.39 is 18.9 Å². The van der Waals surface area contributed by atoms with Gasteiger partial charge >= 0.3 is 0 Å². The predicted octanol–water partition coefficient (Wildman–Crippen LogP) is 0.0503. The summed E-state index contributed by atoms with van der Waals surface area (Å²) >= 11 is 0. The van der Waals surface area contributed by atoms with Gasteiger partial charge in [0.2, 0.25) is 0 Å². The second kappa shape index (κ2) is 4.56. The highest BCUT2D eigenvalue weighted by atomic mass is 19.3. The molecule has 1 aliphatic rings. The molecule has 1 aromatic heterocycles. The van der Waals surface area contributed by atoms with Crippen molar-refractivity contribution in [3.05, 3.63) is 17.0 Å². The molecule has 1 aromatic rings. The van der Waals surface area contributed by atoms with Crippen LogP contribution in [0.5, 0.6) is 0 Å². The third kappa shape index (κ3) is 2.19. The largest absolute Gasteiger partial charge is 0.345 e. The number of halogens is 2. The van der Waals surface area contributed by atoms with E-state index in [4.69, 9.17) is 0 Å². The molecular weight excluding hydrogens is 218 g/mol. The SMILES string of the molecule is O=C(NCC(F)F)c1n[nH]c2c1CNCC2. The van der Waals surface area contributed by atoms with E-state index >= 15 is 0 Å². The van der Waals surface area contributed by atoms with Crippen LogP contribution in [0, 0.1) is 0 Å². The van der Waals surface area contributed by atoms with Crippen molar-refractivity contribution in [2.75, 3.05) is 13.1 Å². The van der Waals surface area contributed by atoms with Gasteiger partial charge in [0.15, 0.2) is 5.69 Å². The van der Waals surface area contributed by atoms with Crippen LogP contribution in [0.15, 0.2) is 0 Å². The van der Waals surface area contributed by atoms with Gasteiger partial charge in [0, 0.05) is 30.8 Å². The molecule has 2 rings (SSSR count). The predicted molar refractivity (Wildman–Crippen MR) is 52.3 cm³/mol. The lowest BCUT2D eigenvalue weighted by molar-refractivity contribution is 0.0886. The molecule has 0 unspecified atom stereocenters. The van der Waals surface area contributed by atoms with E-state index in [2.05, 4.69) is 20.8 Å². The van der Waals surface area contributed by atoms with Crippen molar-refractivity contribution in [2.24, 2.45) is 0 Å². The Labute approximate surface area is 90.6 Å². The molecule has 16 heavy (non-hydrogen) atoms. The maximum Gasteiger partial charge on any atom is 0.272 e. The first-order valence-corrected chi connectivity index (χ1v) is 5.01. The average molecular weight is 230 g/mol. The Bertz CT molecular complexity index is 391. The number of fused-ring (bicyclic) bond motifs is 1. The number of hydrogen-bond acceptors (Lipinski definition) is 3. The van der Waals surface area contributed by atoms with Crippen molar-refractivity contribution in [1.29, 1.82) is 0 Å². The number of hydrogen-bond donors (Lipinski definition) is 3. The number of alkyl halides is 2. The smallest absolute Gasteiger partial charge is 0.272 e. The minimum absolute atomic E-state index is 0.211. The van der Waals surface area contributed by atoms with Gasteiger partial charge in [-0.25, -0.2) is 8.78 Å². The lowest BCUT2D eigenvalue weighted by Gasteiger charge is -2.12. The third-order valence-electron chi connectivity index (χ3n) is 2.44. The standard InChI is InChI=1S/C9H12F2N4O/c10-7(11)4-13-9(16)8-5-3-12-2-1-6(5)14-15-8/h7,12H,1-4H2,(H,13,16)(H,14,15). The van der Waals surface area contributed by atoms with Crippen molar-refractivity contribution in [3.8, 4) is 0 Å². The summed E-state index contributed by atoms with van der Waals surface area (Å²) in [5, 5.41) is 11.8. The van der Waals surface area contributed by atoms with Gasteiger partial charge in [-0.3, -0.25) is 9.89 Å². The Hall–Kier alpha value is -1.50. The lowest BCUT2D eigenvalue weighted by Crippen LogP contribution is -2.31. The number of rotatable bonds is 3. The second-order valence-electron chi connectivity index (χ2n) is 3.56. The highest BCUT2D eigenvalue weighted by molar-refractivity contribution is 5.94. The summed E-state index contributed by atoms with van der Waals surface area (Å²) in [6.45, 7) is 0.727. The van der Waals surface area contributed by atoms with Crippen LogP contribution >= 0.6 is 0 Å². The van der Waals surface area contributed by atoms with Gasteiger partial charge in [0.05, 0.1) is 6.54 Å². The zero-order valence-electron chi connectivity index (χ0n) is 8.52. The molecule has 0 atom stereocenters. The number of carbonyl (C=O) groups is 1. The van der Waals surface area contributed by atoms with Crippen LogP contribution in [0.1, 0.15) is 21.7 Å². The normalized spacial score (nSPS) is 14.9. The van der Waals surface area contributed by atoms with Crippen LogP contribution in [0.2, 0.25) is 0 Å². The fourth-order valence-electron chi connectivity index (χ4n) is 1.67. The molecular formula is C9H12F2N4O. The fourth-order valence-corrected chi connectivity index (χ4v) is 1.67. The minimum Gasteiger partial charge on any atom is -0.345 e. The van der Waals surface area contributed by atoms with Crippen molar-refractivity contribution < 1.29 is 13.6 Å².